The van der Waals surface area contributed by atoms with Crippen molar-refractivity contribution in [3.63, 3.8) is 0 Å². The van der Waals surface area contributed by atoms with Gasteiger partial charge in [0.2, 0.25) is 0 Å². The van der Waals surface area contributed by atoms with Gasteiger partial charge in [-0.3, -0.25) is 4.79 Å². The molecule has 0 bridgehead atoms. The van der Waals surface area contributed by atoms with Gasteiger partial charge in [-0.25, -0.2) is 0 Å². The van der Waals surface area contributed by atoms with Crippen LogP contribution in [0, 0.1) is 0 Å². The summed E-state index contributed by atoms with van der Waals surface area (Å²) >= 11 is 0. The lowest BCUT2D eigenvalue weighted by Crippen LogP contribution is -2.14. The molecule has 1 fully saturated rings. The Kier molecular flexibility index (Phi) is 4.18. The molecular weight excluding hydrogens is 258 g/mol. The van der Waals surface area contributed by atoms with Crippen molar-refractivity contribution in [3.05, 3.63) is 17.7 Å². The highest BCUT2D eigenvalue weighted by molar-refractivity contribution is 5.74. The zero-order valence-corrected chi connectivity index (χ0v) is 12.2. The predicted molar refractivity (Wildman–Crippen MR) is 75.9 cm³/mol. The molecule has 5 heteroatoms. The van der Waals surface area contributed by atoms with E-state index in [0.29, 0.717) is 36.8 Å². The molecule has 1 aliphatic rings. The lowest BCUT2D eigenvalue weighted by atomic mass is 9.98. The summed E-state index contributed by atoms with van der Waals surface area (Å²) in [7, 11) is 0. The molecule has 0 amide bonds. The number of esters is 1. The molecule has 2 rings (SSSR count). The second kappa shape index (κ2) is 5.71. The summed E-state index contributed by atoms with van der Waals surface area (Å²) < 4.78 is 16.6. The summed E-state index contributed by atoms with van der Waals surface area (Å²) in [4.78, 5) is 11.6. The van der Waals surface area contributed by atoms with Gasteiger partial charge in [-0.1, -0.05) is 13.8 Å². The fourth-order valence-electron chi connectivity index (χ4n) is 1.97. The molecule has 0 radical (unpaired) electrons. The average Bonchev–Trinajstić information content (AvgIpc) is 3.17. The Balaban J connectivity index is 2.43. The molecule has 0 aliphatic carbocycles. The molecule has 1 aromatic carbocycles. The lowest BCUT2D eigenvalue weighted by molar-refractivity contribution is -0.134. The Labute approximate surface area is 119 Å². The number of epoxide rings is 1. The molecule has 1 heterocycles. The zero-order valence-electron chi connectivity index (χ0n) is 12.2. The highest BCUT2D eigenvalue weighted by atomic mass is 16.6. The molecule has 5 nitrogen and oxygen atoms in total. The molecule has 1 atom stereocenters. The summed E-state index contributed by atoms with van der Waals surface area (Å²) in [5.74, 6) is 0.743. The predicted octanol–water partition coefficient (Wildman–Crippen LogP) is 2.62. The molecule has 20 heavy (non-hydrogen) atoms. The molecule has 110 valence electrons. The number of rotatable bonds is 6. The molecule has 1 saturated heterocycles. The van der Waals surface area contributed by atoms with Crippen molar-refractivity contribution >= 4 is 11.7 Å². The van der Waals surface area contributed by atoms with Gasteiger partial charge in [-0.15, -0.1) is 0 Å². The van der Waals surface area contributed by atoms with Crippen LogP contribution in [0.4, 0.5) is 5.69 Å². The topological polar surface area (TPSA) is 74.1 Å². The first-order chi connectivity index (χ1) is 9.51. The second-order valence-corrected chi connectivity index (χ2v) is 5.05. The van der Waals surface area contributed by atoms with E-state index in [-0.39, 0.29) is 5.97 Å². The van der Waals surface area contributed by atoms with Gasteiger partial charge in [0.1, 0.15) is 11.4 Å². The van der Waals surface area contributed by atoms with Crippen molar-refractivity contribution in [1.82, 2.24) is 0 Å². The van der Waals surface area contributed by atoms with Gasteiger partial charge >= 0.3 is 5.97 Å². The molecule has 1 aromatic rings. The second-order valence-electron chi connectivity index (χ2n) is 5.05. The van der Waals surface area contributed by atoms with Crippen molar-refractivity contribution < 1.29 is 19.0 Å². The molecule has 2 N–H and O–H groups in total. The maximum atomic E-state index is 11.6. The maximum Gasteiger partial charge on any atom is 0.310 e. The lowest BCUT2D eigenvalue weighted by Gasteiger charge is -2.19. The Morgan fingerprint density at radius 3 is 2.70 bits per heavy atom. The van der Waals surface area contributed by atoms with Crippen molar-refractivity contribution in [2.45, 2.75) is 39.2 Å². The summed E-state index contributed by atoms with van der Waals surface area (Å²) in [6.07, 6.45) is 1.18. The number of hydrogen-bond acceptors (Lipinski definition) is 5. The van der Waals surface area contributed by atoms with Crippen molar-refractivity contribution in [1.29, 1.82) is 0 Å². The monoisotopic (exact) mass is 279 g/mol. The van der Waals surface area contributed by atoms with Crippen LogP contribution in [-0.2, 0) is 15.1 Å². The van der Waals surface area contributed by atoms with Gasteiger partial charge in [-0.05, 0) is 25.5 Å². The number of hydrogen-bond donors (Lipinski definition) is 1. The van der Waals surface area contributed by atoms with E-state index < -0.39 is 5.60 Å². The van der Waals surface area contributed by atoms with Gasteiger partial charge in [0.05, 0.1) is 24.5 Å². The van der Waals surface area contributed by atoms with Crippen molar-refractivity contribution in [2.24, 2.45) is 0 Å². The normalized spacial score (nSPS) is 20.6. The van der Waals surface area contributed by atoms with Crippen LogP contribution in [0.5, 0.6) is 11.5 Å². The van der Waals surface area contributed by atoms with Crippen LogP contribution in [-0.4, -0.2) is 19.2 Å². The standard InChI is InChI=1S/C15H21NO4/c1-4-8-18-14-10(16)6-7-11(20-12(17)5-2)13(14)15(3)9-19-15/h6-7H,4-5,8-9,16H2,1-3H3. The summed E-state index contributed by atoms with van der Waals surface area (Å²) in [6, 6.07) is 3.39. The SMILES string of the molecule is CCCOc1c(N)ccc(OC(=O)CC)c1C1(C)CO1. The van der Waals surface area contributed by atoms with E-state index in [0.717, 1.165) is 12.0 Å². The first-order valence-corrected chi connectivity index (χ1v) is 6.92. The molecule has 0 spiro atoms. The molecular formula is C15H21NO4. The van der Waals surface area contributed by atoms with Crippen molar-refractivity contribution in [2.75, 3.05) is 18.9 Å². The highest BCUT2D eigenvalue weighted by Crippen LogP contribution is 2.49. The molecule has 1 aliphatic heterocycles. The number of nitrogens with two attached hydrogens (primary N) is 1. The summed E-state index contributed by atoms with van der Waals surface area (Å²) in [5, 5.41) is 0. The number of anilines is 1. The van der Waals surface area contributed by atoms with E-state index in [9.17, 15) is 4.79 Å². The van der Waals surface area contributed by atoms with Crippen LogP contribution in [0.25, 0.3) is 0 Å². The highest BCUT2D eigenvalue weighted by Gasteiger charge is 2.46. The molecule has 1 unspecified atom stereocenters. The number of carbonyl (C=O) groups excluding carboxylic acids is 1. The van der Waals surface area contributed by atoms with Gasteiger partial charge in [0, 0.05) is 6.42 Å². The largest absolute Gasteiger partial charge is 0.491 e. The third kappa shape index (κ3) is 2.88. The van der Waals surface area contributed by atoms with Crippen LogP contribution in [0.3, 0.4) is 0 Å². The summed E-state index contributed by atoms with van der Waals surface area (Å²) in [5.41, 5.74) is 6.77. The van der Waals surface area contributed by atoms with E-state index in [4.69, 9.17) is 19.9 Å². The quantitative estimate of drug-likeness (QED) is 0.375. The zero-order chi connectivity index (χ0) is 14.8. The minimum atomic E-state index is -0.484. The molecule has 0 saturated carbocycles. The average molecular weight is 279 g/mol. The maximum absolute atomic E-state index is 11.6. The van der Waals surface area contributed by atoms with Gasteiger partial charge < -0.3 is 19.9 Å². The Morgan fingerprint density at radius 2 is 2.15 bits per heavy atom. The Hall–Kier alpha value is -1.75. The van der Waals surface area contributed by atoms with Crippen LogP contribution in [0.1, 0.15) is 39.2 Å². The van der Waals surface area contributed by atoms with E-state index >= 15 is 0 Å². The van der Waals surface area contributed by atoms with Crippen LogP contribution >= 0.6 is 0 Å². The van der Waals surface area contributed by atoms with Crippen molar-refractivity contribution in [3.8, 4) is 11.5 Å². The third-order valence-electron chi connectivity index (χ3n) is 3.22. The van der Waals surface area contributed by atoms with Crippen LogP contribution in [0.2, 0.25) is 0 Å². The van der Waals surface area contributed by atoms with E-state index in [2.05, 4.69) is 0 Å². The van der Waals surface area contributed by atoms with E-state index in [1.54, 1.807) is 19.1 Å². The van der Waals surface area contributed by atoms with E-state index in [1.165, 1.54) is 0 Å². The minimum Gasteiger partial charge on any atom is -0.491 e. The summed E-state index contributed by atoms with van der Waals surface area (Å²) in [6.45, 7) is 6.83. The first kappa shape index (κ1) is 14.7. The van der Waals surface area contributed by atoms with Gasteiger partial charge in [0.15, 0.2) is 5.75 Å². The number of benzene rings is 1. The van der Waals surface area contributed by atoms with Crippen LogP contribution < -0.4 is 15.2 Å². The third-order valence-corrected chi connectivity index (χ3v) is 3.22. The fraction of sp³-hybridized carbons (Fsp3) is 0.533. The Bertz CT molecular complexity index is 509. The minimum absolute atomic E-state index is 0.290. The van der Waals surface area contributed by atoms with Gasteiger partial charge in [0.25, 0.3) is 0 Å². The number of nitrogen functional groups attached to an aromatic ring is 1. The van der Waals surface area contributed by atoms with E-state index in [1.807, 2.05) is 13.8 Å². The molecule has 0 aromatic heterocycles. The first-order valence-electron chi connectivity index (χ1n) is 6.92. The van der Waals surface area contributed by atoms with Gasteiger partial charge in [-0.2, -0.15) is 0 Å². The number of carbonyl (C=O) groups is 1. The smallest absolute Gasteiger partial charge is 0.310 e. The van der Waals surface area contributed by atoms with Crippen LogP contribution in [0.15, 0.2) is 12.1 Å². The Morgan fingerprint density at radius 1 is 1.45 bits per heavy atom. The fourth-order valence-corrected chi connectivity index (χ4v) is 1.97. The number of ether oxygens (including phenoxy) is 3.